The van der Waals surface area contributed by atoms with Crippen molar-refractivity contribution in [2.75, 3.05) is 11.6 Å². The van der Waals surface area contributed by atoms with Crippen molar-refractivity contribution in [1.82, 2.24) is 14.9 Å². The van der Waals surface area contributed by atoms with E-state index in [2.05, 4.69) is 16.8 Å². The number of nitrogens with zero attached hydrogens (tertiary/aromatic N) is 3. The van der Waals surface area contributed by atoms with Crippen LogP contribution in [0.4, 0.5) is 0 Å². The van der Waals surface area contributed by atoms with Gasteiger partial charge in [-0.25, -0.2) is 4.68 Å². The largest absolute Gasteiger partial charge is 0.335 e. The van der Waals surface area contributed by atoms with Gasteiger partial charge in [-0.1, -0.05) is 29.4 Å². The monoisotopic (exact) mass is 280 g/mol. The quantitative estimate of drug-likeness (QED) is 0.396. The Hall–Kier alpha value is -1.46. The fourth-order valence-corrected chi connectivity index (χ4v) is 2.32. The number of hydrogen-bond donors (Lipinski definition) is 1. The van der Waals surface area contributed by atoms with Crippen molar-refractivity contribution in [2.45, 2.75) is 11.6 Å². The highest BCUT2D eigenvalue weighted by molar-refractivity contribution is 7.99. The Morgan fingerprint density at radius 1 is 1.33 bits per heavy atom. The van der Waals surface area contributed by atoms with Gasteiger partial charge >= 0.3 is 0 Å². The molecule has 0 fully saturated rings. The first-order valence-electron chi connectivity index (χ1n) is 5.42. The van der Waals surface area contributed by atoms with Crippen LogP contribution in [0, 0.1) is 0 Å². The minimum Gasteiger partial charge on any atom is -0.335 e. The molecule has 0 saturated carbocycles. The van der Waals surface area contributed by atoms with Gasteiger partial charge in [0.2, 0.25) is 5.16 Å². The van der Waals surface area contributed by atoms with Gasteiger partial charge in [-0.15, -0.1) is 16.8 Å². The van der Waals surface area contributed by atoms with Crippen molar-refractivity contribution in [1.29, 1.82) is 0 Å². The first-order valence-corrected chi connectivity index (χ1v) is 6.79. The molecule has 94 valence electrons. The number of benzene rings is 1. The van der Waals surface area contributed by atoms with E-state index in [1.165, 1.54) is 4.68 Å². The zero-order valence-corrected chi connectivity index (χ0v) is 11.3. The van der Waals surface area contributed by atoms with Crippen LogP contribution in [0.25, 0.3) is 11.4 Å². The highest BCUT2D eigenvalue weighted by Crippen LogP contribution is 2.23. The summed E-state index contributed by atoms with van der Waals surface area (Å²) in [7, 11) is 0. The normalized spacial score (nSPS) is 10.5. The molecule has 0 spiro atoms. The van der Waals surface area contributed by atoms with Crippen LogP contribution in [-0.4, -0.2) is 20.6 Å². The van der Waals surface area contributed by atoms with Crippen molar-refractivity contribution in [3.8, 4) is 11.4 Å². The third-order valence-electron chi connectivity index (χ3n) is 2.32. The van der Waals surface area contributed by atoms with Gasteiger partial charge in [-0.2, -0.15) is 0 Å². The minimum absolute atomic E-state index is 0.632. The fourth-order valence-electron chi connectivity index (χ4n) is 1.40. The number of thioether (sulfide) groups is 1. The predicted molar refractivity (Wildman–Crippen MR) is 76.2 cm³/mol. The second-order valence-electron chi connectivity index (χ2n) is 3.61. The summed E-state index contributed by atoms with van der Waals surface area (Å²) in [6, 6.07) is 7.34. The molecule has 2 aromatic rings. The Morgan fingerprint density at radius 3 is 2.72 bits per heavy atom. The third-order valence-corrected chi connectivity index (χ3v) is 3.55. The standard InChI is InChI=1S/C12H13ClN4S/c1-2-3-8-18-12-16-15-11(17(12)14)9-4-6-10(13)7-5-9/h2,4-7H,1,3,8,14H2. The van der Waals surface area contributed by atoms with Gasteiger partial charge in [0.15, 0.2) is 5.82 Å². The van der Waals surface area contributed by atoms with E-state index in [1.54, 1.807) is 23.9 Å². The molecule has 1 aromatic heterocycles. The van der Waals surface area contributed by atoms with E-state index in [4.69, 9.17) is 17.4 Å². The Labute approximate surface area is 115 Å². The van der Waals surface area contributed by atoms with Gasteiger partial charge in [-0.05, 0) is 30.7 Å². The van der Waals surface area contributed by atoms with Crippen LogP contribution in [0.15, 0.2) is 42.1 Å². The number of halogens is 1. The SMILES string of the molecule is C=CCCSc1nnc(-c2ccc(Cl)cc2)n1N. The van der Waals surface area contributed by atoms with Crippen LogP contribution in [-0.2, 0) is 0 Å². The van der Waals surface area contributed by atoms with Crippen LogP contribution in [0.2, 0.25) is 5.02 Å². The molecule has 0 amide bonds. The Kier molecular flexibility index (Phi) is 4.28. The first kappa shape index (κ1) is 13.0. The Morgan fingerprint density at radius 2 is 2.06 bits per heavy atom. The summed E-state index contributed by atoms with van der Waals surface area (Å²) >= 11 is 7.40. The molecule has 6 heteroatoms. The highest BCUT2D eigenvalue weighted by Gasteiger charge is 2.11. The molecule has 2 rings (SSSR count). The van der Waals surface area contributed by atoms with E-state index in [1.807, 2.05) is 18.2 Å². The molecule has 0 bridgehead atoms. The van der Waals surface area contributed by atoms with Crippen molar-refractivity contribution in [2.24, 2.45) is 0 Å². The van der Waals surface area contributed by atoms with Gasteiger partial charge in [0.1, 0.15) is 0 Å². The molecule has 0 atom stereocenters. The second kappa shape index (κ2) is 5.93. The molecule has 1 aromatic carbocycles. The first-order chi connectivity index (χ1) is 8.72. The average Bonchev–Trinajstić information content (AvgIpc) is 2.73. The van der Waals surface area contributed by atoms with Crippen LogP contribution < -0.4 is 5.84 Å². The number of hydrogen-bond acceptors (Lipinski definition) is 4. The predicted octanol–water partition coefficient (Wildman–Crippen LogP) is 2.98. The zero-order valence-electron chi connectivity index (χ0n) is 9.71. The maximum absolute atomic E-state index is 5.97. The fraction of sp³-hybridized carbons (Fsp3) is 0.167. The van der Waals surface area contributed by atoms with Gasteiger partial charge in [0.25, 0.3) is 0 Å². The lowest BCUT2D eigenvalue weighted by atomic mass is 10.2. The minimum atomic E-state index is 0.632. The Bertz CT molecular complexity index is 536. The number of rotatable bonds is 5. The maximum atomic E-state index is 5.97. The summed E-state index contributed by atoms with van der Waals surface area (Å²) in [5, 5.41) is 9.54. The average molecular weight is 281 g/mol. The number of allylic oxidation sites excluding steroid dienone is 1. The van der Waals surface area contributed by atoms with Crippen molar-refractivity contribution >= 4 is 23.4 Å². The topological polar surface area (TPSA) is 56.7 Å². The number of nitrogens with two attached hydrogens (primary N) is 1. The molecule has 0 unspecified atom stereocenters. The second-order valence-corrected chi connectivity index (χ2v) is 5.11. The van der Waals surface area contributed by atoms with E-state index in [0.717, 1.165) is 17.7 Å². The lowest BCUT2D eigenvalue weighted by Gasteiger charge is -2.03. The molecule has 0 saturated heterocycles. The van der Waals surface area contributed by atoms with Gasteiger partial charge in [0.05, 0.1) is 0 Å². The van der Waals surface area contributed by atoms with E-state index in [0.29, 0.717) is 16.0 Å². The summed E-state index contributed by atoms with van der Waals surface area (Å²) in [5.74, 6) is 7.49. The van der Waals surface area contributed by atoms with Crippen LogP contribution in [0.1, 0.15) is 6.42 Å². The molecule has 0 aliphatic heterocycles. The van der Waals surface area contributed by atoms with Crippen molar-refractivity contribution in [3.05, 3.63) is 41.9 Å². The molecule has 0 aliphatic rings. The summed E-state index contributed by atoms with van der Waals surface area (Å²) in [5.41, 5.74) is 0.893. The lowest BCUT2D eigenvalue weighted by molar-refractivity contribution is 0.849. The van der Waals surface area contributed by atoms with Crippen LogP contribution in [0.3, 0.4) is 0 Å². The van der Waals surface area contributed by atoms with Crippen LogP contribution >= 0.6 is 23.4 Å². The lowest BCUT2D eigenvalue weighted by Crippen LogP contribution is -2.11. The van der Waals surface area contributed by atoms with Gasteiger partial charge in [0, 0.05) is 16.3 Å². The summed E-state index contributed by atoms with van der Waals surface area (Å²) in [6.45, 7) is 3.68. The summed E-state index contributed by atoms with van der Waals surface area (Å²) in [6.07, 6.45) is 2.78. The van der Waals surface area contributed by atoms with Gasteiger partial charge in [-0.3, -0.25) is 0 Å². The highest BCUT2D eigenvalue weighted by atomic mass is 35.5. The van der Waals surface area contributed by atoms with Crippen molar-refractivity contribution in [3.63, 3.8) is 0 Å². The van der Waals surface area contributed by atoms with E-state index in [-0.39, 0.29) is 0 Å². The summed E-state index contributed by atoms with van der Waals surface area (Å²) < 4.78 is 1.50. The molecule has 1 heterocycles. The summed E-state index contributed by atoms with van der Waals surface area (Å²) in [4.78, 5) is 0. The molecular formula is C12H13ClN4S. The molecule has 0 aliphatic carbocycles. The van der Waals surface area contributed by atoms with E-state index in [9.17, 15) is 0 Å². The third kappa shape index (κ3) is 2.86. The molecule has 0 radical (unpaired) electrons. The van der Waals surface area contributed by atoms with E-state index < -0.39 is 0 Å². The van der Waals surface area contributed by atoms with Crippen molar-refractivity contribution < 1.29 is 0 Å². The molecule has 18 heavy (non-hydrogen) atoms. The smallest absolute Gasteiger partial charge is 0.210 e. The number of aromatic nitrogens is 3. The maximum Gasteiger partial charge on any atom is 0.210 e. The molecule has 2 N–H and O–H groups in total. The van der Waals surface area contributed by atoms with Crippen LogP contribution in [0.5, 0.6) is 0 Å². The number of nitrogen functional groups attached to an aromatic ring is 1. The molecule has 4 nitrogen and oxygen atoms in total. The zero-order chi connectivity index (χ0) is 13.0. The Balaban J connectivity index is 2.19. The van der Waals surface area contributed by atoms with Gasteiger partial charge < -0.3 is 5.84 Å². The molecular weight excluding hydrogens is 268 g/mol. The van der Waals surface area contributed by atoms with E-state index >= 15 is 0 Å².